The highest BCUT2D eigenvalue weighted by atomic mass is 19.1. The molecule has 0 amide bonds. The highest BCUT2D eigenvalue weighted by Gasteiger charge is 2.27. The maximum atomic E-state index is 13.9. The first-order valence-corrected chi connectivity index (χ1v) is 15.1. The van der Waals surface area contributed by atoms with E-state index >= 15 is 0 Å². The minimum Gasteiger partial charge on any atom is -0.460 e. The summed E-state index contributed by atoms with van der Waals surface area (Å²) >= 11 is 0. The van der Waals surface area contributed by atoms with Crippen LogP contribution >= 0.6 is 0 Å². The van der Waals surface area contributed by atoms with E-state index in [0.717, 1.165) is 38.5 Å². The molecule has 3 heteroatoms. The van der Waals surface area contributed by atoms with E-state index in [9.17, 15) is 9.18 Å². The Morgan fingerprint density at radius 1 is 0.757 bits per heavy atom. The molecule has 0 bridgehead atoms. The van der Waals surface area contributed by atoms with E-state index in [0.29, 0.717) is 5.92 Å². The average Bonchev–Trinajstić information content (AvgIpc) is 2.94. The van der Waals surface area contributed by atoms with Crippen LogP contribution in [0.15, 0.2) is 48.5 Å². The number of aryl methyl sites for hydroxylation is 1. The fourth-order valence-electron chi connectivity index (χ4n) is 5.53. The van der Waals surface area contributed by atoms with Gasteiger partial charge in [-0.3, -0.25) is 0 Å². The second kappa shape index (κ2) is 16.6. The standard InChI is InChI=1S/C34H49FO2/c1-3-5-7-8-9-10-11-12-13-27-15-17-28(18-16-27)29-19-21-30(22-20-29)31-23-25-32(26-24-31)37-34(36)33(35)14-6-4-2/h15-22,31-33H,3-14,23-26H2,1-2H3/t31?,32?,33-/m0/s1. The van der Waals surface area contributed by atoms with Gasteiger partial charge >= 0.3 is 5.97 Å². The van der Waals surface area contributed by atoms with Crippen LogP contribution in [0.4, 0.5) is 4.39 Å². The van der Waals surface area contributed by atoms with Crippen molar-refractivity contribution in [2.75, 3.05) is 0 Å². The number of halogens is 1. The lowest BCUT2D eigenvalue weighted by atomic mass is 9.82. The molecule has 0 aromatic heterocycles. The van der Waals surface area contributed by atoms with Crippen molar-refractivity contribution in [3.8, 4) is 11.1 Å². The zero-order valence-electron chi connectivity index (χ0n) is 23.4. The van der Waals surface area contributed by atoms with Gasteiger partial charge in [-0.25, -0.2) is 9.18 Å². The number of hydrogen-bond donors (Lipinski definition) is 0. The Labute approximate surface area is 225 Å². The largest absolute Gasteiger partial charge is 0.460 e. The predicted octanol–water partition coefficient (Wildman–Crippen LogP) is 10.1. The van der Waals surface area contributed by atoms with E-state index in [1.807, 2.05) is 6.92 Å². The first-order valence-electron chi connectivity index (χ1n) is 15.1. The number of hydrogen-bond acceptors (Lipinski definition) is 2. The molecule has 2 aromatic rings. The van der Waals surface area contributed by atoms with Crippen LogP contribution < -0.4 is 0 Å². The van der Waals surface area contributed by atoms with Gasteiger partial charge in [-0.2, -0.15) is 0 Å². The van der Waals surface area contributed by atoms with Crippen LogP contribution in [0, 0.1) is 0 Å². The van der Waals surface area contributed by atoms with Gasteiger partial charge in [0.05, 0.1) is 0 Å². The SMILES string of the molecule is CCCCCCCCCCc1ccc(-c2ccc(C3CCC(OC(=O)[C@@H](F)CCCC)CC3)cc2)cc1. The molecule has 0 N–H and O–H groups in total. The molecular weight excluding hydrogens is 459 g/mol. The number of esters is 1. The van der Waals surface area contributed by atoms with Crippen molar-refractivity contribution in [2.24, 2.45) is 0 Å². The Bertz CT molecular complexity index is 881. The molecule has 0 radical (unpaired) electrons. The normalized spacial score (nSPS) is 18.5. The lowest BCUT2D eigenvalue weighted by Gasteiger charge is -2.29. The number of rotatable bonds is 16. The van der Waals surface area contributed by atoms with Crippen LogP contribution in [0.2, 0.25) is 0 Å². The summed E-state index contributed by atoms with van der Waals surface area (Å²) in [6, 6.07) is 18.1. The third kappa shape index (κ3) is 10.3. The molecule has 3 rings (SSSR count). The van der Waals surface area contributed by atoms with E-state index in [4.69, 9.17) is 4.74 Å². The van der Waals surface area contributed by atoms with Crippen LogP contribution in [0.5, 0.6) is 0 Å². The van der Waals surface area contributed by atoms with Gasteiger partial charge in [0.15, 0.2) is 6.17 Å². The van der Waals surface area contributed by atoms with Gasteiger partial charge in [0.2, 0.25) is 0 Å². The number of benzene rings is 2. The Kier molecular flexibility index (Phi) is 13.2. The van der Waals surface area contributed by atoms with Crippen LogP contribution in [0.3, 0.4) is 0 Å². The van der Waals surface area contributed by atoms with Crippen molar-refractivity contribution in [1.29, 1.82) is 0 Å². The molecule has 1 fully saturated rings. The molecule has 1 aliphatic carbocycles. The van der Waals surface area contributed by atoms with Crippen molar-refractivity contribution in [1.82, 2.24) is 0 Å². The number of unbranched alkanes of at least 4 members (excludes halogenated alkanes) is 8. The maximum absolute atomic E-state index is 13.9. The monoisotopic (exact) mass is 508 g/mol. The zero-order chi connectivity index (χ0) is 26.3. The van der Waals surface area contributed by atoms with Crippen LogP contribution in [0.25, 0.3) is 11.1 Å². The molecule has 0 aliphatic heterocycles. The molecule has 204 valence electrons. The first kappa shape index (κ1) is 29.4. The van der Waals surface area contributed by atoms with Crippen LogP contribution in [0.1, 0.15) is 127 Å². The first-order chi connectivity index (χ1) is 18.1. The Hall–Kier alpha value is -2.16. The maximum Gasteiger partial charge on any atom is 0.340 e. The zero-order valence-corrected chi connectivity index (χ0v) is 23.4. The Morgan fingerprint density at radius 2 is 1.30 bits per heavy atom. The third-order valence-corrected chi connectivity index (χ3v) is 8.01. The smallest absolute Gasteiger partial charge is 0.340 e. The van der Waals surface area contributed by atoms with Gasteiger partial charge in [0.25, 0.3) is 0 Å². The van der Waals surface area contributed by atoms with Gasteiger partial charge in [0.1, 0.15) is 6.10 Å². The van der Waals surface area contributed by atoms with Gasteiger partial charge in [-0.1, -0.05) is 120 Å². The van der Waals surface area contributed by atoms with Crippen LogP contribution in [-0.2, 0) is 16.0 Å². The fraction of sp³-hybridized carbons (Fsp3) is 0.618. The summed E-state index contributed by atoms with van der Waals surface area (Å²) in [6.45, 7) is 4.27. The van der Waals surface area contributed by atoms with Crippen molar-refractivity contribution < 1.29 is 13.9 Å². The summed E-state index contributed by atoms with van der Waals surface area (Å²) in [5.74, 6) is -0.177. The van der Waals surface area contributed by atoms with Crippen molar-refractivity contribution in [3.63, 3.8) is 0 Å². The number of carbonyl (C=O) groups excluding carboxylic acids is 1. The van der Waals surface area contributed by atoms with Gasteiger partial charge in [-0.05, 0) is 73.1 Å². The Morgan fingerprint density at radius 3 is 1.89 bits per heavy atom. The molecule has 0 saturated heterocycles. The summed E-state index contributed by atoms with van der Waals surface area (Å²) in [5, 5.41) is 0. The molecular formula is C34H49FO2. The highest BCUT2D eigenvalue weighted by molar-refractivity contribution is 5.74. The van der Waals surface area contributed by atoms with E-state index in [-0.39, 0.29) is 12.5 Å². The number of carbonyl (C=O) groups is 1. The molecule has 0 spiro atoms. The molecule has 0 heterocycles. The molecule has 2 aromatic carbocycles. The molecule has 1 aliphatic rings. The van der Waals surface area contributed by atoms with E-state index in [1.54, 1.807) is 0 Å². The highest BCUT2D eigenvalue weighted by Crippen LogP contribution is 2.35. The van der Waals surface area contributed by atoms with E-state index in [1.165, 1.54) is 80.0 Å². The van der Waals surface area contributed by atoms with Crippen LogP contribution in [-0.4, -0.2) is 18.2 Å². The van der Waals surface area contributed by atoms with E-state index in [2.05, 4.69) is 55.5 Å². The predicted molar refractivity (Wildman–Crippen MR) is 154 cm³/mol. The van der Waals surface area contributed by atoms with Crippen molar-refractivity contribution >= 4 is 5.97 Å². The second-order valence-corrected chi connectivity index (χ2v) is 11.1. The molecule has 2 nitrogen and oxygen atoms in total. The third-order valence-electron chi connectivity index (χ3n) is 8.01. The Balaban J connectivity index is 1.38. The fourth-order valence-corrected chi connectivity index (χ4v) is 5.53. The van der Waals surface area contributed by atoms with Crippen molar-refractivity contribution in [2.45, 2.75) is 135 Å². The van der Waals surface area contributed by atoms with Crippen molar-refractivity contribution in [3.05, 3.63) is 59.7 Å². The van der Waals surface area contributed by atoms with Gasteiger partial charge in [-0.15, -0.1) is 0 Å². The van der Waals surface area contributed by atoms with Gasteiger partial charge < -0.3 is 4.74 Å². The molecule has 0 unspecified atom stereocenters. The lowest BCUT2D eigenvalue weighted by Crippen LogP contribution is -2.28. The summed E-state index contributed by atoms with van der Waals surface area (Å²) in [6.07, 6.45) is 16.0. The summed E-state index contributed by atoms with van der Waals surface area (Å²) in [4.78, 5) is 12.0. The summed E-state index contributed by atoms with van der Waals surface area (Å²) < 4.78 is 19.4. The molecule has 1 atom stereocenters. The minimum atomic E-state index is -1.47. The average molecular weight is 509 g/mol. The molecule has 37 heavy (non-hydrogen) atoms. The van der Waals surface area contributed by atoms with Gasteiger partial charge in [0, 0.05) is 0 Å². The number of alkyl halides is 1. The summed E-state index contributed by atoms with van der Waals surface area (Å²) in [7, 11) is 0. The number of ether oxygens (including phenoxy) is 1. The topological polar surface area (TPSA) is 26.3 Å². The molecule has 1 saturated carbocycles. The summed E-state index contributed by atoms with van der Waals surface area (Å²) in [5.41, 5.74) is 5.32. The lowest BCUT2D eigenvalue weighted by molar-refractivity contribution is -0.157. The van der Waals surface area contributed by atoms with E-state index < -0.39 is 12.1 Å². The quantitative estimate of drug-likeness (QED) is 0.166. The minimum absolute atomic E-state index is 0.132. The second-order valence-electron chi connectivity index (χ2n) is 11.1.